The first-order valence-corrected chi connectivity index (χ1v) is 8.24. The number of anilines is 1. The summed E-state index contributed by atoms with van der Waals surface area (Å²) in [5, 5.41) is 6.90. The fourth-order valence-electron chi connectivity index (χ4n) is 2.43. The number of thiocarbonyl (C=S) groups is 1. The molecule has 2 rings (SSSR count). The third-order valence-electron chi connectivity index (χ3n) is 3.76. The Hall–Kier alpha value is -1.70. The van der Waals surface area contributed by atoms with Gasteiger partial charge in [-0.05, 0) is 36.5 Å². The van der Waals surface area contributed by atoms with Crippen LogP contribution in [0, 0.1) is 0 Å². The van der Waals surface area contributed by atoms with Crippen molar-refractivity contribution in [1.82, 2.24) is 5.32 Å². The van der Waals surface area contributed by atoms with E-state index in [1.54, 1.807) is 29.2 Å². The van der Waals surface area contributed by atoms with Gasteiger partial charge in [-0.3, -0.25) is 0 Å². The van der Waals surface area contributed by atoms with Gasteiger partial charge in [0.2, 0.25) is 0 Å². The van der Waals surface area contributed by atoms with E-state index >= 15 is 0 Å². The number of benzene rings is 1. The van der Waals surface area contributed by atoms with Gasteiger partial charge in [-0.25, -0.2) is 4.79 Å². The number of morpholine rings is 1. The zero-order valence-corrected chi connectivity index (χ0v) is 14.2. The Morgan fingerprint density at radius 1 is 1.30 bits per heavy atom. The molecule has 23 heavy (non-hydrogen) atoms. The van der Waals surface area contributed by atoms with Crippen LogP contribution in [-0.4, -0.2) is 57.6 Å². The van der Waals surface area contributed by atoms with E-state index in [-0.39, 0.29) is 5.97 Å². The van der Waals surface area contributed by atoms with Crippen LogP contribution in [0.5, 0.6) is 0 Å². The lowest BCUT2D eigenvalue weighted by molar-refractivity contribution is -0.908. The van der Waals surface area contributed by atoms with Crippen molar-refractivity contribution >= 4 is 29.0 Å². The minimum absolute atomic E-state index is 0.345. The molecule has 7 heteroatoms. The third-order valence-corrected chi connectivity index (χ3v) is 4.00. The molecule has 1 saturated heterocycles. The molecule has 0 spiro atoms. The van der Waals surface area contributed by atoms with Crippen LogP contribution in [0.2, 0.25) is 0 Å². The summed E-state index contributed by atoms with van der Waals surface area (Å²) in [5.41, 5.74) is 1.36. The summed E-state index contributed by atoms with van der Waals surface area (Å²) in [6.45, 7) is 5.89. The van der Waals surface area contributed by atoms with Gasteiger partial charge in [-0.2, -0.15) is 0 Å². The standard InChI is InChI=1S/C16H23N3O3S/c1-21-15(20)13-3-5-14(6-4-13)18-16(23)17-7-2-8-19-9-11-22-12-10-19/h3-6H,2,7-12H2,1H3,(H2,17,18,23)/p+1. The highest BCUT2D eigenvalue weighted by atomic mass is 32.1. The second kappa shape index (κ2) is 9.44. The highest BCUT2D eigenvalue weighted by molar-refractivity contribution is 7.80. The fourth-order valence-corrected chi connectivity index (χ4v) is 2.65. The Morgan fingerprint density at radius 2 is 2.00 bits per heavy atom. The molecule has 1 aromatic rings. The number of methoxy groups -OCH3 is 1. The lowest BCUT2D eigenvalue weighted by Gasteiger charge is -2.23. The molecule has 1 heterocycles. The van der Waals surface area contributed by atoms with Crippen molar-refractivity contribution in [3.63, 3.8) is 0 Å². The van der Waals surface area contributed by atoms with Gasteiger partial charge in [0.05, 0.1) is 32.4 Å². The first-order valence-electron chi connectivity index (χ1n) is 7.83. The molecule has 1 aromatic carbocycles. The summed E-state index contributed by atoms with van der Waals surface area (Å²) >= 11 is 5.27. The highest BCUT2D eigenvalue weighted by Gasteiger charge is 2.12. The maximum absolute atomic E-state index is 11.4. The van der Waals surface area contributed by atoms with Crippen LogP contribution in [0.3, 0.4) is 0 Å². The molecule has 126 valence electrons. The molecule has 0 atom stereocenters. The molecule has 1 aliphatic rings. The van der Waals surface area contributed by atoms with Crippen molar-refractivity contribution in [2.75, 3.05) is 51.8 Å². The lowest BCUT2D eigenvalue weighted by atomic mass is 10.2. The molecular weight excluding hydrogens is 314 g/mol. The maximum Gasteiger partial charge on any atom is 0.337 e. The number of carbonyl (C=O) groups excluding carboxylic acids is 1. The number of rotatable bonds is 6. The monoisotopic (exact) mass is 338 g/mol. The van der Waals surface area contributed by atoms with Gasteiger partial charge >= 0.3 is 5.97 Å². The van der Waals surface area contributed by atoms with E-state index in [4.69, 9.17) is 17.0 Å². The second-order valence-electron chi connectivity index (χ2n) is 5.42. The minimum atomic E-state index is -0.345. The predicted molar refractivity (Wildman–Crippen MR) is 93.0 cm³/mol. The van der Waals surface area contributed by atoms with E-state index in [0.29, 0.717) is 10.7 Å². The summed E-state index contributed by atoms with van der Waals surface area (Å²) in [4.78, 5) is 13.0. The number of carbonyl (C=O) groups is 1. The van der Waals surface area contributed by atoms with Gasteiger partial charge in [-0.1, -0.05) is 0 Å². The number of quaternary nitrogens is 1. The average Bonchev–Trinajstić information content (AvgIpc) is 2.59. The van der Waals surface area contributed by atoms with Crippen LogP contribution in [0.4, 0.5) is 5.69 Å². The first kappa shape index (κ1) is 17.7. The van der Waals surface area contributed by atoms with Gasteiger partial charge < -0.3 is 25.0 Å². The van der Waals surface area contributed by atoms with Crippen molar-refractivity contribution in [3.8, 4) is 0 Å². The molecule has 1 fully saturated rings. The van der Waals surface area contributed by atoms with Crippen LogP contribution >= 0.6 is 12.2 Å². The van der Waals surface area contributed by atoms with Crippen molar-refractivity contribution in [2.45, 2.75) is 6.42 Å². The van der Waals surface area contributed by atoms with Crippen LogP contribution < -0.4 is 15.5 Å². The van der Waals surface area contributed by atoms with Gasteiger partial charge in [0.1, 0.15) is 13.1 Å². The SMILES string of the molecule is COC(=O)c1ccc(NC(=S)NCCC[NH+]2CCOCC2)cc1. The van der Waals surface area contributed by atoms with Crippen LogP contribution in [-0.2, 0) is 9.47 Å². The van der Waals surface area contributed by atoms with Crippen molar-refractivity contribution < 1.29 is 19.2 Å². The maximum atomic E-state index is 11.4. The van der Waals surface area contributed by atoms with Gasteiger partial charge in [0, 0.05) is 18.7 Å². The number of hydrogen-bond donors (Lipinski definition) is 3. The topological polar surface area (TPSA) is 64.0 Å². The Morgan fingerprint density at radius 3 is 2.65 bits per heavy atom. The number of nitrogens with one attached hydrogen (secondary N) is 3. The Kier molecular flexibility index (Phi) is 7.25. The van der Waals surface area contributed by atoms with Crippen molar-refractivity contribution in [1.29, 1.82) is 0 Å². The molecule has 6 nitrogen and oxygen atoms in total. The number of hydrogen-bond acceptors (Lipinski definition) is 4. The summed E-state index contributed by atoms with van der Waals surface area (Å²) in [6.07, 6.45) is 1.07. The lowest BCUT2D eigenvalue weighted by Crippen LogP contribution is -3.14. The van der Waals surface area contributed by atoms with Crippen molar-refractivity contribution in [2.24, 2.45) is 0 Å². The molecule has 0 bridgehead atoms. The van der Waals surface area contributed by atoms with E-state index < -0.39 is 0 Å². The highest BCUT2D eigenvalue weighted by Crippen LogP contribution is 2.10. The van der Waals surface area contributed by atoms with E-state index in [2.05, 4.69) is 15.4 Å². The Balaban J connectivity index is 1.65. The van der Waals surface area contributed by atoms with Crippen molar-refractivity contribution in [3.05, 3.63) is 29.8 Å². The molecule has 0 aliphatic carbocycles. The molecule has 1 aliphatic heterocycles. The van der Waals surface area contributed by atoms with Crippen LogP contribution in [0.25, 0.3) is 0 Å². The minimum Gasteiger partial charge on any atom is -0.465 e. The van der Waals surface area contributed by atoms with E-state index in [1.165, 1.54) is 7.11 Å². The summed E-state index contributed by atoms with van der Waals surface area (Å²) < 4.78 is 10.0. The quantitative estimate of drug-likeness (QED) is 0.387. The molecule has 0 amide bonds. The smallest absolute Gasteiger partial charge is 0.337 e. The second-order valence-corrected chi connectivity index (χ2v) is 5.82. The van der Waals surface area contributed by atoms with Gasteiger partial charge in [-0.15, -0.1) is 0 Å². The molecule has 3 N–H and O–H groups in total. The fraction of sp³-hybridized carbons (Fsp3) is 0.500. The number of esters is 1. The van der Waals surface area contributed by atoms with E-state index in [1.807, 2.05) is 0 Å². The Labute approximate surface area is 142 Å². The first-order chi connectivity index (χ1) is 11.2. The molecule has 0 radical (unpaired) electrons. The van der Waals surface area contributed by atoms with E-state index in [9.17, 15) is 4.79 Å². The normalized spacial score (nSPS) is 15.0. The van der Waals surface area contributed by atoms with Crippen LogP contribution in [0.15, 0.2) is 24.3 Å². The summed E-state index contributed by atoms with van der Waals surface area (Å²) in [5.74, 6) is -0.345. The largest absolute Gasteiger partial charge is 0.465 e. The number of ether oxygens (including phenoxy) is 2. The summed E-state index contributed by atoms with van der Waals surface area (Å²) in [7, 11) is 1.37. The zero-order valence-electron chi connectivity index (χ0n) is 13.4. The molecular formula is C16H24N3O3S+. The summed E-state index contributed by atoms with van der Waals surface area (Å²) in [6, 6.07) is 7.02. The third kappa shape index (κ3) is 6.13. The molecule has 0 saturated carbocycles. The van der Waals surface area contributed by atoms with Gasteiger partial charge in [0.25, 0.3) is 0 Å². The zero-order chi connectivity index (χ0) is 16.5. The van der Waals surface area contributed by atoms with Gasteiger partial charge in [0.15, 0.2) is 5.11 Å². The molecule has 0 aromatic heterocycles. The van der Waals surface area contributed by atoms with Crippen LogP contribution in [0.1, 0.15) is 16.8 Å². The average molecular weight is 338 g/mol. The van der Waals surface area contributed by atoms with E-state index in [0.717, 1.165) is 51.5 Å². The predicted octanol–water partition coefficient (Wildman–Crippen LogP) is 0.0648. The molecule has 0 unspecified atom stereocenters. The Bertz CT molecular complexity index is 516.